The highest BCUT2D eigenvalue weighted by atomic mass is 16.5. The quantitative estimate of drug-likeness (QED) is 0.787. The van der Waals surface area contributed by atoms with Gasteiger partial charge in [0, 0.05) is 38.9 Å². The van der Waals surface area contributed by atoms with Crippen molar-refractivity contribution in [2.24, 2.45) is 11.3 Å². The van der Waals surface area contributed by atoms with Crippen LogP contribution in [0.4, 0.5) is 0 Å². The molecule has 0 unspecified atom stereocenters. The first kappa shape index (κ1) is 19.4. The van der Waals surface area contributed by atoms with Gasteiger partial charge in [-0.25, -0.2) is 0 Å². The van der Waals surface area contributed by atoms with Gasteiger partial charge in [0.15, 0.2) is 0 Å². The van der Waals surface area contributed by atoms with Gasteiger partial charge in [-0.15, -0.1) is 0 Å². The van der Waals surface area contributed by atoms with E-state index in [1.54, 1.807) is 0 Å². The predicted octanol–water partition coefficient (Wildman–Crippen LogP) is 2.86. The van der Waals surface area contributed by atoms with Crippen LogP contribution in [0.1, 0.15) is 37.7 Å². The third-order valence-electron chi connectivity index (χ3n) is 6.80. The number of amides is 1. The maximum Gasteiger partial charge on any atom is 0.243 e. The lowest BCUT2D eigenvalue weighted by Crippen LogP contribution is -2.54. The van der Waals surface area contributed by atoms with E-state index in [2.05, 4.69) is 46.2 Å². The molecule has 0 N–H and O–H groups in total. The van der Waals surface area contributed by atoms with E-state index in [0.717, 1.165) is 45.4 Å². The number of hydrogen-bond acceptors (Lipinski definition) is 4. The highest BCUT2D eigenvalue weighted by Crippen LogP contribution is 2.36. The number of rotatable bonds is 5. The number of nitrogens with zero attached hydrogens (tertiary/aromatic N) is 3. The van der Waals surface area contributed by atoms with Crippen molar-refractivity contribution in [3.05, 3.63) is 35.9 Å². The Bertz CT molecular complexity index is 708. The van der Waals surface area contributed by atoms with Crippen LogP contribution in [0, 0.1) is 22.7 Å². The number of piperidine rings is 1. The number of hydrogen-bond donors (Lipinski definition) is 0. The summed E-state index contributed by atoms with van der Waals surface area (Å²) in [5, 5.41) is 9.80. The molecule has 4 saturated heterocycles. The summed E-state index contributed by atoms with van der Waals surface area (Å²) in [6, 6.07) is 13.3. The highest BCUT2D eigenvalue weighted by molar-refractivity contribution is 5.86. The van der Waals surface area contributed by atoms with Crippen molar-refractivity contribution >= 4 is 5.91 Å². The van der Waals surface area contributed by atoms with Crippen LogP contribution < -0.4 is 0 Å². The molecule has 4 aliphatic heterocycles. The molecule has 4 heterocycles. The summed E-state index contributed by atoms with van der Waals surface area (Å²) in [6.07, 6.45) is 5.60. The molecule has 0 saturated carbocycles. The minimum Gasteiger partial charge on any atom is -0.381 e. The fourth-order valence-corrected chi connectivity index (χ4v) is 5.13. The molecule has 1 aromatic carbocycles. The number of nitriles is 1. The molecular formula is C23H31N3O2. The van der Waals surface area contributed by atoms with E-state index in [-0.39, 0.29) is 11.9 Å². The summed E-state index contributed by atoms with van der Waals surface area (Å²) in [7, 11) is 0. The van der Waals surface area contributed by atoms with Gasteiger partial charge >= 0.3 is 0 Å². The lowest BCUT2D eigenvalue weighted by Gasteiger charge is -2.41. The zero-order chi connectivity index (χ0) is 19.4. The first-order chi connectivity index (χ1) is 13.7. The summed E-state index contributed by atoms with van der Waals surface area (Å²) in [6.45, 7) is 4.98. The van der Waals surface area contributed by atoms with Gasteiger partial charge in [0.1, 0.15) is 5.41 Å². The molecule has 4 fully saturated rings. The van der Waals surface area contributed by atoms with Crippen molar-refractivity contribution in [2.45, 2.75) is 44.6 Å². The standard InChI is InChI=1S/C23H31N3O2/c24-18-23(10-13-28-14-11-23)22(27)26-16-20-8-9-21(26)17-25(15-20)12-4-7-19-5-2-1-3-6-19/h1-3,5-6,20-21H,4,7-17H2/t20-,21+/m0/s1. The average Bonchev–Trinajstić information content (AvgIpc) is 3.05. The molecular weight excluding hydrogens is 350 g/mol. The van der Waals surface area contributed by atoms with Crippen molar-refractivity contribution in [1.29, 1.82) is 5.26 Å². The second kappa shape index (κ2) is 8.63. The molecule has 0 aliphatic carbocycles. The molecule has 5 rings (SSSR count). The Morgan fingerprint density at radius 3 is 2.68 bits per heavy atom. The van der Waals surface area contributed by atoms with E-state index < -0.39 is 5.41 Å². The maximum absolute atomic E-state index is 13.4. The summed E-state index contributed by atoms with van der Waals surface area (Å²) in [4.78, 5) is 18.0. The van der Waals surface area contributed by atoms with Gasteiger partial charge in [0.25, 0.3) is 0 Å². The van der Waals surface area contributed by atoms with Gasteiger partial charge in [-0.05, 0) is 56.6 Å². The van der Waals surface area contributed by atoms with E-state index in [0.29, 0.717) is 32.0 Å². The molecule has 1 aromatic rings. The monoisotopic (exact) mass is 381 g/mol. The average molecular weight is 382 g/mol. The van der Waals surface area contributed by atoms with E-state index in [9.17, 15) is 10.1 Å². The van der Waals surface area contributed by atoms with Gasteiger partial charge in [0.2, 0.25) is 5.91 Å². The van der Waals surface area contributed by atoms with Gasteiger partial charge in [-0.3, -0.25) is 4.79 Å². The number of carbonyl (C=O) groups is 1. The van der Waals surface area contributed by atoms with E-state index in [1.807, 2.05) is 0 Å². The van der Waals surface area contributed by atoms with Crippen LogP contribution in [0.15, 0.2) is 30.3 Å². The van der Waals surface area contributed by atoms with Gasteiger partial charge in [0.05, 0.1) is 6.07 Å². The van der Waals surface area contributed by atoms with E-state index in [1.165, 1.54) is 12.0 Å². The first-order valence-electron chi connectivity index (χ1n) is 10.8. The fraction of sp³-hybridized carbons (Fsp3) is 0.652. The lowest BCUT2D eigenvalue weighted by molar-refractivity contribution is -0.147. The van der Waals surface area contributed by atoms with Crippen LogP contribution >= 0.6 is 0 Å². The van der Waals surface area contributed by atoms with Crippen molar-refractivity contribution < 1.29 is 9.53 Å². The van der Waals surface area contributed by atoms with Crippen molar-refractivity contribution in [3.8, 4) is 6.07 Å². The predicted molar refractivity (Wildman–Crippen MR) is 108 cm³/mol. The molecule has 0 aromatic heterocycles. The Labute approximate surface area is 168 Å². The first-order valence-corrected chi connectivity index (χ1v) is 10.8. The number of aryl methyl sites for hydroxylation is 1. The molecule has 5 heteroatoms. The van der Waals surface area contributed by atoms with Crippen LogP contribution in [-0.2, 0) is 16.0 Å². The number of carbonyl (C=O) groups excluding carboxylic acids is 1. The fourth-order valence-electron chi connectivity index (χ4n) is 5.13. The van der Waals surface area contributed by atoms with Crippen LogP contribution in [0.2, 0.25) is 0 Å². The highest BCUT2D eigenvalue weighted by Gasteiger charge is 2.47. The summed E-state index contributed by atoms with van der Waals surface area (Å²) < 4.78 is 5.42. The summed E-state index contributed by atoms with van der Waals surface area (Å²) >= 11 is 0. The molecule has 2 atom stereocenters. The number of benzene rings is 1. The van der Waals surface area contributed by atoms with Crippen LogP contribution in [0.3, 0.4) is 0 Å². The second-order valence-corrected chi connectivity index (χ2v) is 8.71. The molecule has 0 radical (unpaired) electrons. The Kier molecular flexibility index (Phi) is 5.99. The van der Waals surface area contributed by atoms with Gasteiger partial charge < -0.3 is 14.5 Å². The number of fused-ring (bicyclic) bond motifs is 4. The molecule has 28 heavy (non-hydrogen) atoms. The van der Waals surface area contributed by atoms with Crippen LogP contribution in [-0.4, -0.2) is 61.1 Å². The Morgan fingerprint density at radius 1 is 1.14 bits per heavy atom. The zero-order valence-corrected chi connectivity index (χ0v) is 16.7. The largest absolute Gasteiger partial charge is 0.381 e. The minimum absolute atomic E-state index is 0.0686. The van der Waals surface area contributed by atoms with E-state index in [4.69, 9.17) is 4.74 Å². The summed E-state index contributed by atoms with van der Waals surface area (Å²) in [5.74, 6) is 0.606. The molecule has 150 valence electrons. The molecule has 0 spiro atoms. The second-order valence-electron chi connectivity index (χ2n) is 8.71. The summed E-state index contributed by atoms with van der Waals surface area (Å²) in [5.41, 5.74) is 0.536. The third kappa shape index (κ3) is 4.09. The van der Waals surface area contributed by atoms with Gasteiger partial charge in [-0.1, -0.05) is 30.3 Å². The molecule has 5 nitrogen and oxygen atoms in total. The van der Waals surface area contributed by atoms with Crippen LogP contribution in [0.5, 0.6) is 0 Å². The van der Waals surface area contributed by atoms with Crippen LogP contribution in [0.25, 0.3) is 0 Å². The smallest absolute Gasteiger partial charge is 0.243 e. The third-order valence-corrected chi connectivity index (χ3v) is 6.80. The topological polar surface area (TPSA) is 56.6 Å². The van der Waals surface area contributed by atoms with Crippen molar-refractivity contribution in [3.63, 3.8) is 0 Å². The Morgan fingerprint density at radius 2 is 1.93 bits per heavy atom. The number of ether oxygens (including phenoxy) is 1. The van der Waals surface area contributed by atoms with Crippen molar-refractivity contribution in [1.82, 2.24) is 9.80 Å². The van der Waals surface area contributed by atoms with Gasteiger partial charge in [-0.2, -0.15) is 5.26 Å². The molecule has 1 amide bonds. The van der Waals surface area contributed by atoms with E-state index >= 15 is 0 Å². The molecule has 4 aliphatic rings. The minimum atomic E-state index is -0.860. The van der Waals surface area contributed by atoms with Crippen molar-refractivity contribution in [2.75, 3.05) is 39.4 Å². The Hall–Kier alpha value is -1.90. The lowest BCUT2D eigenvalue weighted by atomic mass is 9.79. The maximum atomic E-state index is 13.4. The Balaban J connectivity index is 1.38. The SMILES string of the molecule is N#CC1(C(=O)N2C[C@H]3CC[C@@H]2CN(CCCc2ccccc2)C3)CCOCC1. The zero-order valence-electron chi connectivity index (χ0n) is 16.7. The molecule has 2 bridgehead atoms. The normalized spacial score (nSPS) is 27.2.